The maximum atomic E-state index is 15.0. The van der Waals surface area contributed by atoms with Gasteiger partial charge < -0.3 is 53.8 Å². The molecule has 4 saturated heterocycles. The molecule has 6 fully saturated rings. The number of aliphatic hydroxyl groups excluding tert-OH is 1. The lowest BCUT2D eigenvalue weighted by Gasteiger charge is -2.58. The van der Waals surface area contributed by atoms with Gasteiger partial charge in [-0.15, -0.1) is 0 Å². The number of rotatable bonds is 14. The number of nitro benzene ring substituents is 1. The minimum atomic E-state index is -4.73. The number of nitrogens with zero attached hydrogens (tertiary/aromatic N) is 8. The van der Waals surface area contributed by atoms with E-state index in [-0.39, 0.29) is 59.9 Å². The second-order valence-electron chi connectivity index (χ2n) is 25.3. The van der Waals surface area contributed by atoms with Crippen LogP contribution in [0.3, 0.4) is 0 Å². The lowest BCUT2D eigenvalue weighted by Crippen LogP contribution is -2.59. The predicted octanol–water partition coefficient (Wildman–Crippen LogP) is 8.25. The molecule has 1 spiro atoms. The number of hydrogen-bond donors (Lipinski definition) is 4. The molecule has 1 amide bonds. The maximum absolute atomic E-state index is 15.0. The Labute approximate surface area is 506 Å². The average Bonchev–Trinajstić information content (AvgIpc) is 1.96. The topological polar surface area (TPSA) is 243 Å². The normalized spacial score (nSPS) is 25.1. The Bertz CT molecular complexity index is 3670. The fourth-order valence-corrected chi connectivity index (χ4v) is 16.3. The Morgan fingerprint density at radius 2 is 1.72 bits per heavy atom. The first kappa shape index (κ1) is 57.5. The molecule has 4 N–H and O–H groups in total. The number of aliphatic hydroxyl groups is 1. The summed E-state index contributed by atoms with van der Waals surface area (Å²) in [5.74, 6) is 1.45. The van der Waals surface area contributed by atoms with Crippen LogP contribution < -0.4 is 38.9 Å². The van der Waals surface area contributed by atoms with Crippen molar-refractivity contribution in [3.8, 4) is 17.4 Å². The van der Waals surface area contributed by atoms with Crippen molar-refractivity contribution in [2.45, 2.75) is 119 Å². The number of methoxy groups -OCH3 is 1. The van der Waals surface area contributed by atoms with Crippen molar-refractivity contribution < 1.29 is 46.9 Å². The molecule has 460 valence electrons. The van der Waals surface area contributed by atoms with Gasteiger partial charge in [-0.3, -0.25) is 24.7 Å². The Morgan fingerprint density at radius 1 is 0.908 bits per heavy atom. The number of amides is 1. The van der Waals surface area contributed by atoms with Gasteiger partial charge in [0.15, 0.2) is 23.0 Å². The van der Waals surface area contributed by atoms with E-state index in [1.54, 1.807) is 13.2 Å². The lowest BCUT2D eigenvalue weighted by molar-refractivity contribution is -0.384. The first-order chi connectivity index (χ1) is 42.2. The van der Waals surface area contributed by atoms with Crippen LogP contribution >= 0.6 is 0 Å². The largest absolute Gasteiger partial charge is 0.493 e. The third-order valence-electron chi connectivity index (χ3n) is 20.0. The number of aromatic amines is 1. The minimum absolute atomic E-state index is 0.0136. The van der Waals surface area contributed by atoms with Crippen LogP contribution in [0.5, 0.6) is 17.4 Å². The summed E-state index contributed by atoms with van der Waals surface area (Å²) in [6, 6.07) is 22.8. The van der Waals surface area contributed by atoms with Gasteiger partial charge in [-0.2, -0.15) is 4.98 Å². The smallest absolute Gasteiger partial charge is 0.297 e. The predicted molar refractivity (Wildman–Crippen MR) is 328 cm³/mol. The first-order valence-electron chi connectivity index (χ1n) is 31.0. The van der Waals surface area contributed by atoms with Crippen molar-refractivity contribution >= 4 is 61.2 Å². The van der Waals surface area contributed by atoms with Gasteiger partial charge in [0.2, 0.25) is 5.88 Å². The molecule has 6 aromatic rings. The lowest BCUT2D eigenvalue weighted by atomic mass is 9.59. The summed E-state index contributed by atoms with van der Waals surface area (Å²) in [7, 11) is -3.01. The second-order valence-corrected chi connectivity index (χ2v) is 27.0. The molecule has 8 aliphatic rings. The number of carbonyl (C=O) groups is 1. The molecular formula is C64H77N11O11S. The third-order valence-corrected chi connectivity index (χ3v) is 21.3. The number of nitrogens with one attached hydrogen (secondary N) is 3. The Balaban J connectivity index is 0.707. The summed E-state index contributed by atoms with van der Waals surface area (Å²) in [5.41, 5.74) is 6.36. The van der Waals surface area contributed by atoms with Gasteiger partial charge in [0.1, 0.15) is 24.0 Å². The van der Waals surface area contributed by atoms with E-state index in [0.29, 0.717) is 80.4 Å². The zero-order chi connectivity index (χ0) is 59.6. The standard InChI is InChI=1S/C64H77N11O11S/c1-40-5-3-4-6-49(40)55-37-70(36-42-28-57(82-2)61(66-35-42)72-22-25-83-26-23-72)20-21-73(55)46-33-64(34-46)15-18-71(19-16-64)45-9-12-50(52(30-45)74-51-14-24-84-39-58(51)86-63-54(74)29-43-13-17-65-60(43)68-63)62(77)69-87(80,81)48-31-53(75(78)79)59-56(32-48)85-38-44(67-59)27-41-7-10-47(76)11-8-41/h3-6,9,12-13,17,28-32,35,41,44,46-47,51,55,58,67,76H,7-8,10-11,14-16,18-27,33-34,36-39H2,1-2H3,(H,65,68)(H,69,77)/t41?,44-,47?,51-,55-,58-/m0/s1. The highest BCUT2D eigenvalue weighted by Crippen LogP contribution is 2.54. The number of pyridine rings is 2. The number of nitro groups is 1. The van der Waals surface area contributed by atoms with Crippen LogP contribution in [-0.4, -0.2) is 165 Å². The Morgan fingerprint density at radius 3 is 2.52 bits per heavy atom. The summed E-state index contributed by atoms with van der Waals surface area (Å²) < 4.78 is 61.4. The maximum Gasteiger partial charge on any atom is 0.297 e. The number of aromatic nitrogens is 3. The molecule has 3 aromatic carbocycles. The van der Waals surface area contributed by atoms with E-state index in [2.05, 4.69) is 76.8 Å². The number of ether oxygens (including phenoxy) is 5. The molecule has 2 aliphatic carbocycles. The van der Waals surface area contributed by atoms with Crippen LogP contribution in [0.1, 0.15) is 97.3 Å². The number of sulfonamides is 1. The SMILES string of the molecule is COc1cc(CN2CCN(C3CC4(CCN(c5ccc(C(=O)NS(=O)(=O)c6cc7c(c([N+](=O)[O-])c6)N[C@@H](CC6CCC(O)CC6)CO7)c(N6c7cc8cc[nH]c8nc7O[C@H]7COCC[C@@H]76)c5)CC4)C3)[C@H](c3ccccc3C)C2)cnc1N1CCOCC1. The van der Waals surface area contributed by atoms with E-state index in [1.165, 1.54) is 17.2 Å². The zero-order valence-corrected chi connectivity index (χ0v) is 50.2. The van der Waals surface area contributed by atoms with Crippen molar-refractivity contribution in [1.29, 1.82) is 0 Å². The molecule has 0 bridgehead atoms. The minimum Gasteiger partial charge on any atom is -0.493 e. The number of anilines is 5. The van der Waals surface area contributed by atoms with E-state index >= 15 is 0 Å². The third kappa shape index (κ3) is 11.4. The second kappa shape index (κ2) is 23.7. The monoisotopic (exact) mass is 1210 g/mol. The van der Waals surface area contributed by atoms with Gasteiger partial charge in [0.25, 0.3) is 21.6 Å². The van der Waals surface area contributed by atoms with Gasteiger partial charge in [0, 0.05) is 107 Å². The van der Waals surface area contributed by atoms with E-state index in [4.69, 9.17) is 33.7 Å². The van der Waals surface area contributed by atoms with E-state index in [9.17, 15) is 28.4 Å². The molecule has 0 unspecified atom stereocenters. The molecule has 23 heteroatoms. The molecule has 14 rings (SSSR count). The first-order valence-corrected chi connectivity index (χ1v) is 32.5. The highest BCUT2D eigenvalue weighted by molar-refractivity contribution is 7.90. The molecule has 4 atom stereocenters. The number of morpholine rings is 1. The van der Waals surface area contributed by atoms with Crippen LogP contribution in [0, 0.1) is 28.4 Å². The van der Waals surface area contributed by atoms with Gasteiger partial charge in [-0.1, -0.05) is 24.3 Å². The Kier molecular flexibility index (Phi) is 15.6. The highest BCUT2D eigenvalue weighted by Gasteiger charge is 2.50. The van der Waals surface area contributed by atoms with Crippen molar-refractivity contribution in [3.05, 3.63) is 118 Å². The highest BCUT2D eigenvalue weighted by atomic mass is 32.2. The van der Waals surface area contributed by atoms with Crippen LogP contribution in [0.2, 0.25) is 0 Å². The van der Waals surface area contributed by atoms with E-state index < -0.39 is 37.5 Å². The molecular weight excluding hydrogens is 1130 g/mol. The van der Waals surface area contributed by atoms with Crippen LogP contribution in [0.4, 0.5) is 34.3 Å². The Hall–Kier alpha value is -7.28. The van der Waals surface area contributed by atoms with Gasteiger partial charge in [-0.25, -0.2) is 18.1 Å². The fraction of sp³-hybridized carbons (Fsp3) is 0.516. The molecule has 0 radical (unpaired) electrons. The van der Waals surface area contributed by atoms with Crippen LogP contribution in [0.15, 0.2) is 90.1 Å². The van der Waals surface area contributed by atoms with Crippen LogP contribution in [-0.2, 0) is 26.0 Å². The van der Waals surface area contributed by atoms with Crippen molar-refractivity contribution in [2.24, 2.45) is 11.3 Å². The number of benzene rings is 3. The molecule has 87 heavy (non-hydrogen) atoms. The summed E-state index contributed by atoms with van der Waals surface area (Å²) in [4.78, 5) is 51.6. The fourth-order valence-electron chi connectivity index (χ4n) is 15.3. The molecule has 22 nitrogen and oxygen atoms in total. The number of H-pyrrole nitrogens is 1. The van der Waals surface area contributed by atoms with Gasteiger partial charge in [0.05, 0.1) is 66.2 Å². The number of aryl methyl sites for hydroxylation is 1. The average molecular weight is 1210 g/mol. The number of carbonyl (C=O) groups excluding carboxylic acids is 1. The molecule has 9 heterocycles. The van der Waals surface area contributed by atoms with Gasteiger partial charge >= 0.3 is 0 Å². The van der Waals surface area contributed by atoms with Crippen molar-refractivity contribution in [1.82, 2.24) is 29.5 Å². The zero-order valence-electron chi connectivity index (χ0n) is 49.4. The van der Waals surface area contributed by atoms with Gasteiger partial charge in [-0.05, 0) is 136 Å². The summed E-state index contributed by atoms with van der Waals surface area (Å²) >= 11 is 0. The number of fused-ring (bicyclic) bond motifs is 4. The quantitative estimate of drug-likeness (QED) is 0.0592. The van der Waals surface area contributed by atoms with Crippen LogP contribution in [0.25, 0.3) is 11.0 Å². The number of hydrogen-bond acceptors (Lipinski definition) is 19. The van der Waals surface area contributed by atoms with Crippen molar-refractivity contribution in [2.75, 3.05) is 106 Å². The summed E-state index contributed by atoms with van der Waals surface area (Å²) in [6.45, 7) is 11.3. The van der Waals surface area contributed by atoms with E-state index in [0.717, 1.165) is 125 Å². The van der Waals surface area contributed by atoms with Crippen molar-refractivity contribution in [3.63, 3.8) is 0 Å². The van der Waals surface area contributed by atoms with E-state index in [1.807, 2.05) is 36.7 Å². The summed E-state index contributed by atoms with van der Waals surface area (Å²) in [6.07, 6.45) is 11.6. The number of piperazine rings is 1. The molecule has 3 aromatic heterocycles. The molecule has 2 saturated carbocycles. The summed E-state index contributed by atoms with van der Waals surface area (Å²) in [5, 5.41) is 26.8. The molecule has 6 aliphatic heterocycles. The number of piperidine rings is 1.